The number of nitrogens with zero attached hydrogens (tertiary/aromatic N) is 3. The Morgan fingerprint density at radius 3 is 2.23 bits per heavy atom. The number of amides is 2. The summed E-state index contributed by atoms with van der Waals surface area (Å²) in [4.78, 5) is 74.3. The van der Waals surface area contributed by atoms with E-state index in [0.717, 1.165) is 10.1 Å². The quantitative estimate of drug-likeness (QED) is 0.151. The topological polar surface area (TPSA) is 159 Å². The van der Waals surface area contributed by atoms with Crippen molar-refractivity contribution in [3.05, 3.63) is 107 Å². The fourth-order valence-electron chi connectivity index (χ4n) is 4.56. The van der Waals surface area contributed by atoms with Crippen LogP contribution in [-0.2, 0) is 32.1 Å². The van der Waals surface area contributed by atoms with Crippen molar-refractivity contribution in [3.8, 4) is 17.3 Å². The third-order valence-electron chi connectivity index (χ3n) is 6.66. The molecular formula is C35H37N5O7. The number of rotatable bonds is 14. The Morgan fingerprint density at radius 1 is 0.894 bits per heavy atom. The van der Waals surface area contributed by atoms with E-state index in [1.165, 1.54) is 6.20 Å². The average molecular weight is 640 g/mol. The largest absolute Gasteiger partial charge is 0.478 e. The Bertz CT molecular complexity index is 1740. The predicted octanol–water partition coefficient (Wildman–Crippen LogP) is 4.38. The van der Waals surface area contributed by atoms with E-state index in [1.54, 1.807) is 99.8 Å². The summed E-state index contributed by atoms with van der Waals surface area (Å²) < 4.78 is 11.9. The Morgan fingerprint density at radius 2 is 1.57 bits per heavy atom. The molecule has 4 rings (SSSR count). The molecule has 2 N–H and O–H groups in total. The molecule has 0 aliphatic heterocycles. The van der Waals surface area contributed by atoms with E-state index in [9.17, 15) is 24.0 Å². The Labute approximate surface area is 272 Å². The maximum Gasteiger partial charge on any atom is 0.412 e. The smallest absolute Gasteiger partial charge is 0.412 e. The number of hydrogen-bond acceptors (Lipinski definition) is 9. The van der Waals surface area contributed by atoms with Crippen LogP contribution in [0.4, 0.5) is 10.5 Å². The van der Waals surface area contributed by atoms with Crippen molar-refractivity contribution < 1.29 is 28.7 Å². The van der Waals surface area contributed by atoms with Gasteiger partial charge in [-0.2, -0.15) is 0 Å². The number of hydrogen-bond donors (Lipinski definition) is 2. The molecule has 0 fully saturated rings. The van der Waals surface area contributed by atoms with Crippen LogP contribution >= 0.6 is 0 Å². The molecule has 0 saturated carbocycles. The Kier molecular flexibility index (Phi) is 11.7. The van der Waals surface area contributed by atoms with Crippen molar-refractivity contribution in [2.24, 2.45) is 0 Å². The number of carbonyl (C=O) groups excluding carboxylic acids is 4. The van der Waals surface area contributed by atoms with Crippen molar-refractivity contribution in [1.82, 2.24) is 19.9 Å². The summed E-state index contributed by atoms with van der Waals surface area (Å²) in [7, 11) is 0. The van der Waals surface area contributed by atoms with Gasteiger partial charge in [-0.05, 0) is 38.8 Å². The van der Waals surface area contributed by atoms with Crippen LogP contribution in [0.15, 0.2) is 96.1 Å². The first-order chi connectivity index (χ1) is 22.5. The first-order valence-corrected chi connectivity index (χ1v) is 15.1. The van der Waals surface area contributed by atoms with Gasteiger partial charge in [0.05, 0.1) is 18.8 Å². The average Bonchev–Trinajstić information content (AvgIpc) is 3.05. The molecule has 0 radical (unpaired) electrons. The van der Waals surface area contributed by atoms with E-state index in [0.29, 0.717) is 11.4 Å². The van der Waals surface area contributed by atoms with E-state index in [-0.39, 0.29) is 37.4 Å². The summed E-state index contributed by atoms with van der Waals surface area (Å²) >= 11 is 0. The van der Waals surface area contributed by atoms with Gasteiger partial charge in [0.2, 0.25) is 23.4 Å². The highest BCUT2D eigenvalue weighted by atomic mass is 16.6. The molecule has 12 heteroatoms. The normalized spacial score (nSPS) is 11.6. The highest BCUT2D eigenvalue weighted by Gasteiger charge is 2.28. The second-order valence-corrected chi connectivity index (χ2v) is 11.6. The van der Waals surface area contributed by atoms with Crippen molar-refractivity contribution in [2.45, 2.75) is 58.2 Å². The van der Waals surface area contributed by atoms with Gasteiger partial charge in [0.15, 0.2) is 0 Å². The third kappa shape index (κ3) is 10.5. The van der Waals surface area contributed by atoms with Gasteiger partial charge in [0, 0.05) is 30.7 Å². The van der Waals surface area contributed by atoms with Crippen molar-refractivity contribution >= 4 is 29.3 Å². The van der Waals surface area contributed by atoms with Crippen LogP contribution in [0, 0.1) is 0 Å². The summed E-state index contributed by atoms with van der Waals surface area (Å²) in [5.41, 5.74) is -0.461. The molecule has 12 nitrogen and oxygen atoms in total. The van der Waals surface area contributed by atoms with Crippen LogP contribution in [0.25, 0.3) is 11.4 Å². The van der Waals surface area contributed by atoms with Crippen LogP contribution < -0.4 is 20.9 Å². The Hall–Kier alpha value is -5.65. The molecular weight excluding hydrogens is 602 g/mol. The van der Waals surface area contributed by atoms with Crippen LogP contribution in [0.2, 0.25) is 0 Å². The number of carbonyl (C=O) groups is 4. The lowest BCUT2D eigenvalue weighted by Gasteiger charge is -2.20. The predicted molar refractivity (Wildman–Crippen MR) is 175 cm³/mol. The highest BCUT2D eigenvalue weighted by Crippen LogP contribution is 2.17. The zero-order valence-electron chi connectivity index (χ0n) is 26.5. The van der Waals surface area contributed by atoms with Gasteiger partial charge in [-0.25, -0.2) is 14.8 Å². The molecule has 2 heterocycles. The van der Waals surface area contributed by atoms with Gasteiger partial charge in [0.25, 0.3) is 5.56 Å². The molecule has 0 spiro atoms. The molecule has 0 bridgehead atoms. The van der Waals surface area contributed by atoms with Crippen LogP contribution in [-0.4, -0.2) is 56.4 Å². The third-order valence-corrected chi connectivity index (χ3v) is 6.66. The molecule has 2 aromatic carbocycles. The molecule has 1 atom stereocenters. The van der Waals surface area contributed by atoms with Gasteiger partial charge in [-0.1, -0.05) is 66.7 Å². The summed E-state index contributed by atoms with van der Waals surface area (Å²) in [5.74, 6) is -1.57. The molecule has 0 saturated heterocycles. The van der Waals surface area contributed by atoms with E-state index in [4.69, 9.17) is 9.47 Å². The lowest BCUT2D eigenvalue weighted by Crippen LogP contribution is -2.47. The maximum absolute atomic E-state index is 13.6. The number of Topliss-reactive ketones (excluding diaryl/α,β-unsaturated/α-hetero) is 2. The molecule has 4 aromatic rings. The van der Waals surface area contributed by atoms with Gasteiger partial charge in [-0.15, -0.1) is 0 Å². The first-order valence-electron chi connectivity index (χ1n) is 15.1. The van der Waals surface area contributed by atoms with Crippen LogP contribution in [0.1, 0.15) is 39.2 Å². The minimum absolute atomic E-state index is 0.0561. The minimum atomic E-state index is -1.19. The Balaban J connectivity index is 1.53. The van der Waals surface area contributed by atoms with E-state index < -0.39 is 47.3 Å². The standard InChI is InChI=1S/C35H37N5O7/c1-35(2,3)47-34(45)39-27-22-37-32(25-15-8-5-9-16-25)40(33(27)44)23-29(42)38-26(21-24-13-6-4-7-14-24)31(43)28(41)17-12-20-46-30-18-10-11-19-36-30/h4-11,13-16,18-19,22,26H,12,17,20-21,23H2,1-3H3,(H,38,42)(H,39,45). The van der Waals surface area contributed by atoms with E-state index >= 15 is 0 Å². The number of anilines is 1. The zero-order valence-corrected chi connectivity index (χ0v) is 26.5. The maximum atomic E-state index is 13.6. The van der Waals surface area contributed by atoms with Gasteiger partial charge in [-0.3, -0.25) is 29.1 Å². The number of ether oxygens (including phenoxy) is 2. The molecule has 0 aliphatic rings. The first kappa shape index (κ1) is 34.2. The SMILES string of the molecule is CC(C)(C)OC(=O)Nc1cnc(-c2ccccc2)n(CC(=O)NC(Cc2ccccc2)C(=O)C(=O)CCCOc2ccccn2)c1=O. The highest BCUT2D eigenvalue weighted by molar-refractivity contribution is 6.39. The number of nitrogens with one attached hydrogen (secondary N) is 2. The summed E-state index contributed by atoms with van der Waals surface area (Å²) in [6.45, 7) is 4.67. The summed E-state index contributed by atoms with van der Waals surface area (Å²) in [6, 6.07) is 21.7. The number of benzene rings is 2. The molecule has 1 unspecified atom stereocenters. The molecule has 47 heavy (non-hydrogen) atoms. The second-order valence-electron chi connectivity index (χ2n) is 11.6. The number of aromatic nitrogens is 3. The second kappa shape index (κ2) is 16.1. The fourth-order valence-corrected chi connectivity index (χ4v) is 4.56. The van der Waals surface area contributed by atoms with Crippen LogP contribution in [0.5, 0.6) is 5.88 Å². The number of ketones is 2. The zero-order chi connectivity index (χ0) is 33.8. The molecule has 2 aromatic heterocycles. The molecule has 244 valence electrons. The van der Waals surface area contributed by atoms with Crippen molar-refractivity contribution in [1.29, 1.82) is 0 Å². The monoisotopic (exact) mass is 639 g/mol. The van der Waals surface area contributed by atoms with Crippen molar-refractivity contribution in [2.75, 3.05) is 11.9 Å². The lowest BCUT2D eigenvalue weighted by molar-refractivity contribution is -0.139. The summed E-state index contributed by atoms with van der Waals surface area (Å²) in [5, 5.41) is 5.06. The summed E-state index contributed by atoms with van der Waals surface area (Å²) in [6.07, 6.45) is 2.15. The number of pyridine rings is 1. The fraction of sp³-hybridized carbons (Fsp3) is 0.286. The van der Waals surface area contributed by atoms with Gasteiger partial charge >= 0.3 is 6.09 Å². The van der Waals surface area contributed by atoms with E-state index in [2.05, 4.69) is 20.6 Å². The lowest BCUT2D eigenvalue weighted by atomic mass is 9.98. The van der Waals surface area contributed by atoms with Gasteiger partial charge in [0.1, 0.15) is 23.7 Å². The van der Waals surface area contributed by atoms with Crippen LogP contribution in [0.3, 0.4) is 0 Å². The molecule has 0 aliphatic carbocycles. The van der Waals surface area contributed by atoms with Crippen molar-refractivity contribution in [3.63, 3.8) is 0 Å². The van der Waals surface area contributed by atoms with Gasteiger partial charge < -0.3 is 14.8 Å². The minimum Gasteiger partial charge on any atom is -0.478 e. The van der Waals surface area contributed by atoms with E-state index in [1.807, 2.05) is 6.07 Å². The molecule has 2 amide bonds.